The number of carbonyl (C=O) groups is 2. The fraction of sp³-hybridized carbons (Fsp3) is 0.200. The van der Waals surface area contributed by atoms with Gasteiger partial charge in [0.05, 0.1) is 23.0 Å². The molecule has 186 valence electrons. The molecule has 6 nitrogen and oxygen atoms in total. The monoisotopic (exact) mass is 504 g/mol. The van der Waals surface area contributed by atoms with Crippen LogP contribution in [0.4, 0.5) is 33.3 Å². The van der Waals surface area contributed by atoms with Crippen LogP contribution >= 0.6 is 0 Å². The third-order valence-corrected chi connectivity index (χ3v) is 6.02. The minimum absolute atomic E-state index is 0.120. The molecule has 2 saturated heterocycles. The fourth-order valence-corrected chi connectivity index (χ4v) is 4.54. The predicted octanol–water partition coefficient (Wildman–Crippen LogP) is 5.36. The maximum atomic E-state index is 13.6. The number of rotatable bonds is 5. The lowest BCUT2D eigenvalue weighted by Gasteiger charge is -2.29. The molecule has 2 aliphatic rings. The number of fused-ring (bicyclic) bond motifs is 1. The van der Waals surface area contributed by atoms with Crippen LogP contribution in [0.5, 0.6) is 5.75 Å². The van der Waals surface area contributed by atoms with E-state index in [0.717, 1.165) is 18.2 Å². The number of para-hydroxylation sites is 2. The van der Waals surface area contributed by atoms with Gasteiger partial charge in [0.25, 0.3) is 5.91 Å². The summed E-state index contributed by atoms with van der Waals surface area (Å²) in [4.78, 5) is 33.2. The number of alkyl halides is 5. The first kappa shape index (κ1) is 23.7. The maximum absolute atomic E-state index is 13.6. The number of nitrogens with zero attached hydrogens (tertiary/aromatic N) is 2. The van der Waals surface area contributed by atoms with Crippen molar-refractivity contribution in [2.45, 2.75) is 24.9 Å². The van der Waals surface area contributed by atoms with Crippen LogP contribution in [0.25, 0.3) is 0 Å². The Hall–Kier alpha value is -3.99. The number of hydrogen-bond donors (Lipinski definition) is 0. The highest BCUT2D eigenvalue weighted by atomic mass is 19.4. The Morgan fingerprint density at radius 2 is 1.47 bits per heavy atom. The molecule has 3 aromatic carbocycles. The molecule has 0 bridgehead atoms. The van der Waals surface area contributed by atoms with Crippen LogP contribution in [0, 0.1) is 5.92 Å². The predicted molar refractivity (Wildman–Crippen MR) is 117 cm³/mol. The third kappa shape index (κ3) is 4.05. The topological polar surface area (TPSA) is 59.1 Å². The van der Waals surface area contributed by atoms with Gasteiger partial charge in [-0.05, 0) is 42.0 Å². The maximum Gasteiger partial charge on any atom is 0.418 e. The van der Waals surface area contributed by atoms with Crippen LogP contribution in [-0.4, -0.2) is 24.5 Å². The zero-order valence-electron chi connectivity index (χ0n) is 18.2. The fourth-order valence-electron chi connectivity index (χ4n) is 4.54. The molecule has 2 heterocycles. The average Bonchev–Trinajstić information content (AvgIpc) is 3.35. The van der Waals surface area contributed by atoms with E-state index in [2.05, 4.69) is 4.74 Å². The zero-order valence-corrected chi connectivity index (χ0v) is 18.2. The highest BCUT2D eigenvalue weighted by Gasteiger charge is 2.61. The Labute approximate surface area is 201 Å². The summed E-state index contributed by atoms with van der Waals surface area (Å²) < 4.78 is 70.5. The second-order valence-electron chi connectivity index (χ2n) is 8.13. The molecule has 3 atom stereocenters. The van der Waals surface area contributed by atoms with E-state index in [-0.39, 0.29) is 5.75 Å². The second kappa shape index (κ2) is 8.90. The van der Waals surface area contributed by atoms with E-state index < -0.39 is 53.9 Å². The average molecular weight is 504 g/mol. The molecule has 0 N–H and O–H groups in total. The Morgan fingerprint density at radius 3 is 2.11 bits per heavy atom. The van der Waals surface area contributed by atoms with Gasteiger partial charge in [-0.25, -0.2) is 9.96 Å². The molecular weight excluding hydrogens is 487 g/mol. The van der Waals surface area contributed by atoms with E-state index in [1.54, 1.807) is 30.3 Å². The molecule has 2 fully saturated rings. The molecular formula is C25H17F5N2O4. The Morgan fingerprint density at radius 1 is 0.833 bits per heavy atom. The van der Waals surface area contributed by atoms with Gasteiger partial charge in [0, 0.05) is 0 Å². The highest BCUT2D eigenvalue weighted by molar-refractivity contribution is 6.24. The number of hydrogen-bond acceptors (Lipinski definition) is 5. The molecule has 0 unspecified atom stereocenters. The van der Waals surface area contributed by atoms with Gasteiger partial charge >= 0.3 is 12.8 Å². The largest absolute Gasteiger partial charge is 0.435 e. The van der Waals surface area contributed by atoms with E-state index >= 15 is 0 Å². The van der Waals surface area contributed by atoms with Crippen molar-refractivity contribution in [3.8, 4) is 5.75 Å². The number of imide groups is 1. The third-order valence-electron chi connectivity index (χ3n) is 6.02. The number of amides is 2. The number of carbonyl (C=O) groups excluding carboxylic acids is 2. The molecule has 0 saturated carbocycles. The molecule has 11 heteroatoms. The number of hydroxylamine groups is 1. The van der Waals surface area contributed by atoms with Crippen molar-refractivity contribution in [3.63, 3.8) is 0 Å². The van der Waals surface area contributed by atoms with Crippen molar-refractivity contribution in [1.82, 2.24) is 0 Å². The summed E-state index contributed by atoms with van der Waals surface area (Å²) in [6, 6.07) is 17.3. The second-order valence-corrected chi connectivity index (χ2v) is 8.13. The van der Waals surface area contributed by atoms with Crippen molar-refractivity contribution in [3.05, 3.63) is 90.0 Å². The normalized spacial score (nSPS) is 21.9. The lowest BCUT2D eigenvalue weighted by molar-refractivity contribution is -0.137. The Kier molecular flexibility index (Phi) is 5.87. The summed E-state index contributed by atoms with van der Waals surface area (Å²) in [7, 11) is 0. The molecule has 5 rings (SSSR count). The number of anilines is 2. The van der Waals surface area contributed by atoms with Crippen LogP contribution in [0.15, 0.2) is 78.9 Å². The zero-order chi connectivity index (χ0) is 25.6. The lowest BCUT2D eigenvalue weighted by Crippen LogP contribution is -2.38. The number of ether oxygens (including phenoxy) is 1. The highest BCUT2D eigenvalue weighted by Crippen LogP contribution is 2.49. The summed E-state index contributed by atoms with van der Waals surface area (Å²) >= 11 is 0. The standard InChI is InChI=1S/C25H17F5N2O4/c26-24(27)35-16-12-10-14(11-13-16)20-19-21(36-32(20)15-6-2-1-3-7-15)23(34)31(22(19)33)18-9-5-4-8-17(18)25(28,29)30/h1-13,19-21,24H/t19-,20-,21-/m1/s1. The van der Waals surface area contributed by atoms with Crippen LogP contribution in [0.3, 0.4) is 0 Å². The van der Waals surface area contributed by atoms with Crippen molar-refractivity contribution in [1.29, 1.82) is 0 Å². The van der Waals surface area contributed by atoms with Gasteiger partial charge in [-0.2, -0.15) is 22.0 Å². The van der Waals surface area contributed by atoms with E-state index in [9.17, 15) is 31.5 Å². The van der Waals surface area contributed by atoms with Crippen molar-refractivity contribution in [2.24, 2.45) is 5.92 Å². The molecule has 0 aromatic heterocycles. The summed E-state index contributed by atoms with van der Waals surface area (Å²) in [5.41, 5.74) is -0.798. The van der Waals surface area contributed by atoms with E-state index in [4.69, 9.17) is 4.84 Å². The van der Waals surface area contributed by atoms with Crippen molar-refractivity contribution < 1.29 is 41.1 Å². The molecule has 0 spiro atoms. The summed E-state index contributed by atoms with van der Waals surface area (Å²) in [5, 5.41) is 1.35. The number of benzene rings is 3. The van der Waals surface area contributed by atoms with E-state index in [0.29, 0.717) is 16.2 Å². The molecule has 2 amide bonds. The van der Waals surface area contributed by atoms with Gasteiger partial charge in [0.15, 0.2) is 6.10 Å². The smallest absolute Gasteiger partial charge is 0.418 e. The van der Waals surface area contributed by atoms with E-state index in [1.165, 1.54) is 35.4 Å². The Bertz CT molecular complexity index is 1280. The first-order chi connectivity index (χ1) is 17.2. The molecule has 36 heavy (non-hydrogen) atoms. The minimum Gasteiger partial charge on any atom is -0.435 e. The lowest BCUT2D eigenvalue weighted by atomic mass is 9.90. The first-order valence-corrected chi connectivity index (χ1v) is 10.8. The van der Waals surface area contributed by atoms with Crippen LogP contribution in [0.2, 0.25) is 0 Å². The summed E-state index contributed by atoms with van der Waals surface area (Å²) in [6.07, 6.45) is -6.19. The minimum atomic E-state index is -4.80. The molecule has 0 aliphatic carbocycles. The van der Waals surface area contributed by atoms with Gasteiger partial charge in [0.1, 0.15) is 11.7 Å². The van der Waals surface area contributed by atoms with Gasteiger partial charge in [-0.3, -0.25) is 14.4 Å². The number of halogens is 5. The van der Waals surface area contributed by atoms with Crippen LogP contribution in [0.1, 0.15) is 17.2 Å². The summed E-state index contributed by atoms with van der Waals surface area (Å²) in [5.74, 6) is -3.10. The molecule has 3 aromatic rings. The van der Waals surface area contributed by atoms with Crippen LogP contribution in [-0.2, 0) is 20.6 Å². The van der Waals surface area contributed by atoms with Crippen molar-refractivity contribution >= 4 is 23.2 Å². The summed E-state index contributed by atoms with van der Waals surface area (Å²) in [6.45, 7) is -3.04. The van der Waals surface area contributed by atoms with Gasteiger partial charge in [-0.1, -0.05) is 42.5 Å². The van der Waals surface area contributed by atoms with E-state index in [1.807, 2.05) is 0 Å². The quantitative estimate of drug-likeness (QED) is 0.346. The van der Waals surface area contributed by atoms with Gasteiger partial charge < -0.3 is 4.74 Å². The molecule has 2 aliphatic heterocycles. The van der Waals surface area contributed by atoms with Gasteiger partial charge in [0.2, 0.25) is 5.91 Å². The van der Waals surface area contributed by atoms with Gasteiger partial charge in [-0.15, -0.1) is 0 Å². The van der Waals surface area contributed by atoms with Crippen molar-refractivity contribution in [2.75, 3.05) is 9.96 Å². The first-order valence-electron chi connectivity index (χ1n) is 10.8. The molecule has 0 radical (unpaired) electrons. The SMILES string of the molecule is O=C1[C@@H]2[C@@H](c3ccc(OC(F)F)cc3)N(c3ccccc3)O[C@H]2C(=O)N1c1ccccc1C(F)(F)F. The van der Waals surface area contributed by atoms with Crippen LogP contribution < -0.4 is 14.7 Å². The Balaban J connectivity index is 1.57.